The summed E-state index contributed by atoms with van der Waals surface area (Å²) in [5.74, 6) is 1.20. The normalized spacial score (nSPS) is 27.6. The van der Waals surface area contributed by atoms with Crippen LogP contribution in [-0.2, 0) is 4.79 Å². The molecule has 3 fully saturated rings. The van der Waals surface area contributed by atoms with E-state index in [4.69, 9.17) is 0 Å². The Balaban J connectivity index is 0.00000243. The smallest absolute Gasteiger partial charge is 0.220 e. The Hall–Kier alpha value is -0.570. The SMILES string of the molecule is CN=C(NCCN(C)C1CCCCC1)N1CCCC2(CNC(=O)C2)C1.I. The van der Waals surface area contributed by atoms with E-state index in [0.29, 0.717) is 6.42 Å². The molecule has 150 valence electrons. The van der Waals surface area contributed by atoms with Crippen LogP contribution in [0, 0.1) is 5.41 Å². The summed E-state index contributed by atoms with van der Waals surface area (Å²) in [4.78, 5) is 21.0. The molecule has 26 heavy (non-hydrogen) atoms. The summed E-state index contributed by atoms with van der Waals surface area (Å²) in [5.41, 5.74) is 0.117. The minimum absolute atomic E-state index is 0. The summed E-state index contributed by atoms with van der Waals surface area (Å²) in [6.45, 7) is 4.78. The first-order valence-corrected chi connectivity index (χ1v) is 10.0. The molecule has 0 radical (unpaired) electrons. The molecule has 6 nitrogen and oxygen atoms in total. The Morgan fingerprint density at radius 3 is 2.77 bits per heavy atom. The van der Waals surface area contributed by atoms with Crippen molar-refractivity contribution in [3.8, 4) is 0 Å². The molecule has 0 aromatic rings. The average molecular weight is 477 g/mol. The number of hydrogen-bond acceptors (Lipinski definition) is 3. The number of rotatable bonds is 4. The molecule has 3 aliphatic rings. The maximum Gasteiger partial charge on any atom is 0.220 e. The maximum absolute atomic E-state index is 11.7. The van der Waals surface area contributed by atoms with Crippen LogP contribution in [0.3, 0.4) is 0 Å². The minimum atomic E-state index is 0. The second kappa shape index (κ2) is 10.1. The van der Waals surface area contributed by atoms with Gasteiger partial charge in [-0.3, -0.25) is 9.79 Å². The number of nitrogens with zero attached hydrogens (tertiary/aromatic N) is 3. The van der Waals surface area contributed by atoms with Crippen molar-refractivity contribution in [1.82, 2.24) is 20.4 Å². The van der Waals surface area contributed by atoms with Gasteiger partial charge in [-0.1, -0.05) is 19.3 Å². The van der Waals surface area contributed by atoms with Crippen LogP contribution < -0.4 is 10.6 Å². The lowest BCUT2D eigenvalue weighted by Gasteiger charge is -2.41. The third kappa shape index (κ3) is 5.47. The Morgan fingerprint density at radius 2 is 2.12 bits per heavy atom. The summed E-state index contributed by atoms with van der Waals surface area (Å²) < 4.78 is 0. The van der Waals surface area contributed by atoms with Gasteiger partial charge < -0.3 is 20.4 Å². The van der Waals surface area contributed by atoms with Crippen LogP contribution in [0.1, 0.15) is 51.4 Å². The molecule has 1 spiro atoms. The monoisotopic (exact) mass is 477 g/mol. The van der Waals surface area contributed by atoms with Crippen molar-refractivity contribution in [3.05, 3.63) is 0 Å². The van der Waals surface area contributed by atoms with Gasteiger partial charge in [-0.05, 0) is 32.7 Å². The first-order chi connectivity index (χ1) is 12.1. The number of carbonyl (C=O) groups is 1. The van der Waals surface area contributed by atoms with E-state index in [2.05, 4.69) is 32.5 Å². The molecule has 2 heterocycles. The molecule has 1 saturated carbocycles. The highest BCUT2D eigenvalue weighted by atomic mass is 127. The van der Waals surface area contributed by atoms with Gasteiger partial charge in [0.05, 0.1) is 0 Å². The Kier molecular flexibility index (Phi) is 8.44. The summed E-state index contributed by atoms with van der Waals surface area (Å²) in [7, 11) is 4.12. The lowest BCUT2D eigenvalue weighted by Crippen LogP contribution is -2.52. The zero-order chi connectivity index (χ0) is 17.7. The summed E-state index contributed by atoms with van der Waals surface area (Å²) in [6, 6.07) is 0.756. The second-order valence-electron chi connectivity index (χ2n) is 8.23. The maximum atomic E-state index is 11.7. The van der Waals surface area contributed by atoms with E-state index in [1.165, 1.54) is 32.1 Å². The second-order valence-corrected chi connectivity index (χ2v) is 8.23. The fourth-order valence-electron chi connectivity index (χ4n) is 4.81. The predicted molar refractivity (Wildman–Crippen MR) is 117 cm³/mol. The van der Waals surface area contributed by atoms with Crippen molar-refractivity contribution < 1.29 is 4.79 Å². The van der Waals surface area contributed by atoms with Gasteiger partial charge in [0, 0.05) is 57.6 Å². The lowest BCUT2D eigenvalue weighted by atomic mass is 9.79. The molecule has 3 rings (SSSR count). The summed E-state index contributed by atoms with van der Waals surface area (Å²) in [5, 5.41) is 6.58. The number of likely N-dealkylation sites (N-methyl/N-ethyl adjacent to an activating group) is 1. The average Bonchev–Trinajstić information content (AvgIpc) is 2.99. The molecule has 7 heteroatoms. The lowest BCUT2D eigenvalue weighted by molar-refractivity contribution is -0.119. The van der Waals surface area contributed by atoms with Crippen LogP contribution in [0.2, 0.25) is 0 Å². The largest absolute Gasteiger partial charge is 0.355 e. The molecule has 2 saturated heterocycles. The molecular formula is C19H36IN5O. The highest BCUT2D eigenvalue weighted by Gasteiger charge is 2.42. The van der Waals surface area contributed by atoms with Gasteiger partial charge in [0.1, 0.15) is 0 Å². The van der Waals surface area contributed by atoms with E-state index in [1.54, 1.807) is 0 Å². The van der Waals surface area contributed by atoms with Crippen molar-refractivity contribution >= 4 is 35.8 Å². The third-order valence-electron chi connectivity index (χ3n) is 6.31. The predicted octanol–water partition coefficient (Wildman–Crippen LogP) is 2.05. The van der Waals surface area contributed by atoms with Crippen LogP contribution in [-0.4, -0.2) is 74.5 Å². The number of amides is 1. The Labute approximate surface area is 175 Å². The fourth-order valence-corrected chi connectivity index (χ4v) is 4.81. The number of piperidine rings is 1. The van der Waals surface area contributed by atoms with E-state index in [1.807, 2.05) is 7.05 Å². The van der Waals surface area contributed by atoms with E-state index >= 15 is 0 Å². The van der Waals surface area contributed by atoms with Gasteiger partial charge in [0.25, 0.3) is 0 Å². The van der Waals surface area contributed by atoms with E-state index < -0.39 is 0 Å². The van der Waals surface area contributed by atoms with Crippen LogP contribution >= 0.6 is 24.0 Å². The molecule has 0 aromatic carbocycles. The standard InChI is InChI=1S/C19H35N5O.HI/c1-20-18(21-10-12-23(2)16-7-4-3-5-8-16)24-11-6-9-19(15-24)13-17(25)22-14-19;/h16H,3-15H2,1-2H3,(H,20,21)(H,22,25);1H. The first-order valence-electron chi connectivity index (χ1n) is 10.0. The van der Waals surface area contributed by atoms with Gasteiger partial charge in [-0.2, -0.15) is 0 Å². The molecule has 1 atom stereocenters. The van der Waals surface area contributed by atoms with Crippen molar-refractivity contribution in [2.45, 2.75) is 57.4 Å². The quantitative estimate of drug-likeness (QED) is 0.370. The van der Waals surface area contributed by atoms with E-state index in [9.17, 15) is 4.79 Å². The molecule has 2 aliphatic heterocycles. The molecule has 2 N–H and O–H groups in total. The van der Waals surface area contributed by atoms with Crippen molar-refractivity contribution in [3.63, 3.8) is 0 Å². The molecule has 0 bridgehead atoms. The van der Waals surface area contributed by atoms with Gasteiger partial charge >= 0.3 is 0 Å². The Morgan fingerprint density at radius 1 is 1.35 bits per heavy atom. The third-order valence-corrected chi connectivity index (χ3v) is 6.31. The van der Waals surface area contributed by atoms with Crippen molar-refractivity contribution in [1.29, 1.82) is 0 Å². The van der Waals surface area contributed by atoms with Gasteiger partial charge in [0.15, 0.2) is 5.96 Å². The molecule has 1 amide bonds. The van der Waals surface area contributed by atoms with Crippen molar-refractivity contribution in [2.24, 2.45) is 10.4 Å². The van der Waals surface area contributed by atoms with Crippen LogP contribution in [0.15, 0.2) is 4.99 Å². The van der Waals surface area contributed by atoms with Gasteiger partial charge in [0.2, 0.25) is 5.91 Å². The fraction of sp³-hybridized carbons (Fsp3) is 0.895. The van der Waals surface area contributed by atoms with E-state index in [-0.39, 0.29) is 35.3 Å². The van der Waals surface area contributed by atoms with Gasteiger partial charge in [-0.25, -0.2) is 0 Å². The number of guanidine groups is 1. The molecular weight excluding hydrogens is 441 g/mol. The van der Waals surface area contributed by atoms with Crippen molar-refractivity contribution in [2.75, 3.05) is 46.8 Å². The van der Waals surface area contributed by atoms with E-state index in [0.717, 1.165) is 57.6 Å². The van der Waals surface area contributed by atoms with Gasteiger partial charge in [-0.15, -0.1) is 24.0 Å². The number of halogens is 1. The number of aliphatic imine (C=N–C) groups is 1. The zero-order valence-electron chi connectivity index (χ0n) is 16.4. The van der Waals surface area contributed by atoms with Crippen LogP contribution in [0.4, 0.5) is 0 Å². The topological polar surface area (TPSA) is 60.0 Å². The number of nitrogens with one attached hydrogen (secondary N) is 2. The number of hydrogen-bond donors (Lipinski definition) is 2. The first kappa shape index (κ1) is 21.7. The van der Waals surface area contributed by atoms with Crippen LogP contribution in [0.5, 0.6) is 0 Å². The molecule has 1 unspecified atom stereocenters. The van der Waals surface area contributed by atoms with Crippen LogP contribution in [0.25, 0.3) is 0 Å². The molecule has 1 aliphatic carbocycles. The molecule has 0 aromatic heterocycles. The Bertz CT molecular complexity index is 494. The highest BCUT2D eigenvalue weighted by Crippen LogP contribution is 2.35. The highest BCUT2D eigenvalue weighted by molar-refractivity contribution is 14.0. The number of likely N-dealkylation sites (tertiary alicyclic amines) is 1. The summed E-state index contributed by atoms with van der Waals surface area (Å²) in [6.07, 6.45) is 9.82. The minimum Gasteiger partial charge on any atom is -0.355 e. The zero-order valence-corrected chi connectivity index (χ0v) is 18.8. The summed E-state index contributed by atoms with van der Waals surface area (Å²) >= 11 is 0. The number of carbonyl (C=O) groups excluding carboxylic acids is 1.